The van der Waals surface area contributed by atoms with Gasteiger partial charge in [-0.05, 0) is 25.7 Å². The van der Waals surface area contributed by atoms with Gasteiger partial charge in [0, 0.05) is 11.8 Å². The highest BCUT2D eigenvalue weighted by atomic mass is 32.2. The highest BCUT2D eigenvalue weighted by molar-refractivity contribution is 7.99. The summed E-state index contributed by atoms with van der Waals surface area (Å²) in [5.41, 5.74) is 0. The minimum absolute atomic E-state index is 0.0833. The van der Waals surface area contributed by atoms with Crippen molar-refractivity contribution < 1.29 is 14.7 Å². The zero-order chi connectivity index (χ0) is 13.7. The van der Waals surface area contributed by atoms with E-state index in [-0.39, 0.29) is 12.1 Å². The number of nitrogens with one attached hydrogen (secondary N) is 1. The van der Waals surface area contributed by atoms with Gasteiger partial charge in [-0.2, -0.15) is 0 Å². The van der Waals surface area contributed by atoms with Gasteiger partial charge in [0.15, 0.2) is 0 Å². The molecule has 0 saturated carbocycles. The van der Waals surface area contributed by atoms with E-state index in [0.717, 1.165) is 12.8 Å². The second-order valence-electron chi connectivity index (χ2n) is 5.15. The summed E-state index contributed by atoms with van der Waals surface area (Å²) in [6.07, 6.45) is 1.97. The largest absolute Gasteiger partial charge is 0.480 e. The minimum atomic E-state index is -0.926. The molecule has 5 nitrogen and oxygen atoms in total. The first-order valence-corrected chi connectivity index (χ1v) is 7.45. The molecule has 0 bridgehead atoms. The molecule has 1 rings (SSSR count). The molecule has 0 aliphatic carbocycles. The highest BCUT2D eigenvalue weighted by Gasteiger charge is 2.34. The van der Waals surface area contributed by atoms with E-state index >= 15 is 0 Å². The Bertz CT molecular complexity index is 310. The zero-order valence-corrected chi connectivity index (χ0v) is 12.0. The number of hydrogen-bond donors (Lipinski definition) is 2. The number of hydrogen-bond acceptors (Lipinski definition) is 3. The first kappa shape index (κ1) is 15.1. The molecule has 0 spiro atoms. The predicted octanol–water partition coefficient (Wildman–Crippen LogP) is 1.98. The molecule has 0 aromatic heterocycles. The maximum absolute atomic E-state index is 12.0. The lowest BCUT2D eigenvalue weighted by molar-refractivity contribution is -0.140. The van der Waals surface area contributed by atoms with Crippen LogP contribution in [0.1, 0.15) is 33.6 Å². The van der Waals surface area contributed by atoms with E-state index < -0.39 is 12.0 Å². The normalized spacial score (nSPS) is 21.1. The van der Waals surface area contributed by atoms with E-state index in [0.29, 0.717) is 17.5 Å². The molecular formula is C12H22N2O3S. The Morgan fingerprint density at radius 1 is 1.39 bits per heavy atom. The van der Waals surface area contributed by atoms with Crippen LogP contribution in [0.25, 0.3) is 0 Å². The molecular weight excluding hydrogens is 252 g/mol. The van der Waals surface area contributed by atoms with Crippen LogP contribution in [-0.4, -0.2) is 45.7 Å². The molecule has 0 radical (unpaired) electrons. The summed E-state index contributed by atoms with van der Waals surface area (Å²) in [4.78, 5) is 24.3. The van der Waals surface area contributed by atoms with Crippen molar-refractivity contribution in [3.8, 4) is 0 Å². The standard InChI is InChI=1S/C12H22N2O3S/c1-8(2)4-5-9(3)13-12(17)14-7-18-6-10(14)11(15)16/h8-10H,4-7H2,1-3H3,(H,13,17)(H,15,16). The Labute approximate surface area is 112 Å². The van der Waals surface area contributed by atoms with Crippen molar-refractivity contribution in [3.05, 3.63) is 0 Å². The molecule has 1 heterocycles. The Morgan fingerprint density at radius 2 is 2.06 bits per heavy atom. The maximum Gasteiger partial charge on any atom is 0.327 e. The first-order chi connectivity index (χ1) is 8.41. The maximum atomic E-state index is 12.0. The molecule has 2 amide bonds. The van der Waals surface area contributed by atoms with E-state index in [1.54, 1.807) is 0 Å². The molecule has 1 fully saturated rings. The number of rotatable bonds is 5. The van der Waals surface area contributed by atoms with Gasteiger partial charge >= 0.3 is 12.0 Å². The summed E-state index contributed by atoms with van der Waals surface area (Å²) in [5.74, 6) is 0.617. The summed E-state index contributed by atoms with van der Waals surface area (Å²) in [7, 11) is 0. The summed E-state index contributed by atoms with van der Waals surface area (Å²) >= 11 is 1.48. The van der Waals surface area contributed by atoms with Crippen molar-refractivity contribution in [1.29, 1.82) is 0 Å². The van der Waals surface area contributed by atoms with Crippen molar-refractivity contribution in [2.75, 3.05) is 11.6 Å². The van der Waals surface area contributed by atoms with Gasteiger partial charge in [0.25, 0.3) is 0 Å². The lowest BCUT2D eigenvalue weighted by atomic mass is 10.0. The Kier molecular flexibility index (Phi) is 5.78. The van der Waals surface area contributed by atoms with E-state index in [1.165, 1.54) is 16.7 Å². The number of carbonyl (C=O) groups excluding carboxylic acids is 1. The van der Waals surface area contributed by atoms with Gasteiger partial charge in [-0.25, -0.2) is 9.59 Å². The third-order valence-corrected chi connectivity index (χ3v) is 3.99. The van der Waals surface area contributed by atoms with Crippen LogP contribution in [0.4, 0.5) is 4.79 Å². The van der Waals surface area contributed by atoms with Gasteiger partial charge in [-0.1, -0.05) is 13.8 Å². The lowest BCUT2D eigenvalue weighted by Gasteiger charge is -2.23. The minimum Gasteiger partial charge on any atom is -0.480 e. The quantitative estimate of drug-likeness (QED) is 0.804. The molecule has 2 N–H and O–H groups in total. The number of thioether (sulfide) groups is 1. The zero-order valence-electron chi connectivity index (χ0n) is 11.2. The molecule has 1 saturated heterocycles. The third kappa shape index (κ3) is 4.40. The first-order valence-electron chi connectivity index (χ1n) is 6.29. The van der Waals surface area contributed by atoms with Crippen molar-refractivity contribution in [1.82, 2.24) is 10.2 Å². The fraction of sp³-hybridized carbons (Fsp3) is 0.833. The molecule has 18 heavy (non-hydrogen) atoms. The Balaban J connectivity index is 2.42. The smallest absolute Gasteiger partial charge is 0.327 e. The van der Waals surface area contributed by atoms with Gasteiger partial charge in [-0.3, -0.25) is 0 Å². The molecule has 1 aliphatic rings. The average molecular weight is 274 g/mol. The van der Waals surface area contributed by atoms with Gasteiger partial charge in [0.05, 0.1) is 5.88 Å². The summed E-state index contributed by atoms with van der Waals surface area (Å²) < 4.78 is 0. The highest BCUT2D eigenvalue weighted by Crippen LogP contribution is 2.21. The van der Waals surface area contributed by atoms with Crippen LogP contribution >= 0.6 is 11.8 Å². The molecule has 2 atom stereocenters. The van der Waals surface area contributed by atoms with E-state index in [9.17, 15) is 9.59 Å². The number of amides is 2. The fourth-order valence-electron chi connectivity index (χ4n) is 1.80. The van der Waals surface area contributed by atoms with Crippen LogP contribution in [0.2, 0.25) is 0 Å². The van der Waals surface area contributed by atoms with Crippen molar-refractivity contribution in [2.45, 2.75) is 45.7 Å². The van der Waals surface area contributed by atoms with Gasteiger partial charge in [-0.15, -0.1) is 11.8 Å². The van der Waals surface area contributed by atoms with Crippen LogP contribution in [0.3, 0.4) is 0 Å². The van der Waals surface area contributed by atoms with Crippen LogP contribution in [0.15, 0.2) is 0 Å². The fourth-order valence-corrected chi connectivity index (χ4v) is 2.94. The van der Waals surface area contributed by atoms with Crippen molar-refractivity contribution in [3.63, 3.8) is 0 Å². The molecule has 104 valence electrons. The van der Waals surface area contributed by atoms with Crippen LogP contribution in [-0.2, 0) is 4.79 Å². The lowest BCUT2D eigenvalue weighted by Crippen LogP contribution is -2.49. The van der Waals surface area contributed by atoms with E-state index in [4.69, 9.17) is 5.11 Å². The predicted molar refractivity (Wildman–Crippen MR) is 72.7 cm³/mol. The van der Waals surface area contributed by atoms with Crippen LogP contribution < -0.4 is 5.32 Å². The van der Waals surface area contributed by atoms with Crippen LogP contribution in [0, 0.1) is 5.92 Å². The Morgan fingerprint density at radius 3 is 2.61 bits per heavy atom. The van der Waals surface area contributed by atoms with E-state index in [2.05, 4.69) is 19.2 Å². The number of carbonyl (C=O) groups is 2. The third-order valence-electron chi connectivity index (χ3n) is 2.98. The topological polar surface area (TPSA) is 69.6 Å². The SMILES string of the molecule is CC(C)CCC(C)NC(=O)N1CSCC1C(=O)O. The molecule has 1 aliphatic heterocycles. The number of aliphatic carboxylic acids is 1. The average Bonchev–Trinajstić information content (AvgIpc) is 2.75. The number of carboxylic acid groups (broad SMARTS) is 1. The van der Waals surface area contributed by atoms with Gasteiger partial charge in [0.2, 0.25) is 0 Å². The second kappa shape index (κ2) is 6.87. The Hall–Kier alpha value is -0.910. The number of nitrogens with zero attached hydrogens (tertiary/aromatic N) is 1. The number of carboxylic acids is 1. The van der Waals surface area contributed by atoms with Crippen molar-refractivity contribution >= 4 is 23.8 Å². The summed E-state index contributed by atoms with van der Waals surface area (Å²) in [5, 5.41) is 11.9. The second-order valence-corrected chi connectivity index (χ2v) is 6.15. The van der Waals surface area contributed by atoms with Crippen LogP contribution in [0.5, 0.6) is 0 Å². The van der Waals surface area contributed by atoms with E-state index in [1.807, 2.05) is 6.92 Å². The molecule has 0 aromatic rings. The molecule has 0 aromatic carbocycles. The summed E-state index contributed by atoms with van der Waals surface area (Å²) in [6, 6.07) is -0.865. The van der Waals surface area contributed by atoms with Crippen molar-refractivity contribution in [2.24, 2.45) is 5.92 Å². The van der Waals surface area contributed by atoms with Gasteiger partial charge < -0.3 is 15.3 Å². The monoisotopic (exact) mass is 274 g/mol. The number of urea groups is 1. The molecule has 2 unspecified atom stereocenters. The van der Waals surface area contributed by atoms with Gasteiger partial charge in [0.1, 0.15) is 6.04 Å². The molecule has 6 heteroatoms. The summed E-state index contributed by atoms with van der Waals surface area (Å²) in [6.45, 7) is 6.25.